The molecule has 3 nitrogen and oxygen atoms in total. The molecule has 7 rings (SSSR count). The second-order valence-electron chi connectivity index (χ2n) is 8.16. The zero-order valence-corrected chi connectivity index (χ0v) is 17.5. The molecule has 2 aromatic heterocycles. The summed E-state index contributed by atoms with van der Waals surface area (Å²) in [5.41, 5.74) is 4.92. The molecule has 156 valence electrons. The average molecular weight is 428 g/mol. The fourth-order valence-corrected chi connectivity index (χ4v) is 4.83. The van der Waals surface area contributed by atoms with Crippen LogP contribution < -0.4 is 0 Å². The molecule has 0 spiro atoms. The molecule has 0 aliphatic heterocycles. The second-order valence-corrected chi connectivity index (χ2v) is 8.16. The van der Waals surface area contributed by atoms with Crippen LogP contribution in [0.15, 0.2) is 108 Å². The molecule has 0 fully saturated rings. The van der Waals surface area contributed by atoms with E-state index in [1.54, 1.807) is 12.1 Å². The van der Waals surface area contributed by atoms with Gasteiger partial charge in [-0.1, -0.05) is 66.7 Å². The van der Waals surface area contributed by atoms with Gasteiger partial charge < -0.3 is 4.42 Å². The first-order valence-corrected chi connectivity index (χ1v) is 10.9. The zero-order chi connectivity index (χ0) is 21.9. The van der Waals surface area contributed by atoms with Gasteiger partial charge in [0.25, 0.3) is 0 Å². The van der Waals surface area contributed by atoms with E-state index in [9.17, 15) is 4.39 Å². The van der Waals surface area contributed by atoms with Gasteiger partial charge in [-0.3, -0.25) is 4.57 Å². The predicted octanol–water partition coefficient (Wildman–Crippen LogP) is 7.88. The first-order valence-electron chi connectivity index (χ1n) is 10.9. The number of furan rings is 1. The maximum Gasteiger partial charge on any atom is 0.149 e. The highest BCUT2D eigenvalue weighted by atomic mass is 19.1. The number of nitrogens with zero attached hydrogens (tertiary/aromatic N) is 2. The monoisotopic (exact) mass is 428 g/mol. The molecule has 0 unspecified atom stereocenters. The first kappa shape index (κ1) is 18.2. The van der Waals surface area contributed by atoms with E-state index < -0.39 is 0 Å². The Morgan fingerprint density at radius 3 is 2.42 bits per heavy atom. The molecule has 7 aromatic rings. The summed E-state index contributed by atoms with van der Waals surface area (Å²) in [5, 5.41) is 3.54. The van der Waals surface area contributed by atoms with Gasteiger partial charge in [0.2, 0.25) is 0 Å². The van der Waals surface area contributed by atoms with Crippen molar-refractivity contribution in [1.82, 2.24) is 9.55 Å². The Balaban J connectivity index is 1.63. The molecule has 5 aromatic carbocycles. The number of aromatic nitrogens is 2. The van der Waals surface area contributed by atoms with Gasteiger partial charge in [-0.15, -0.1) is 0 Å². The molecule has 0 aliphatic rings. The molecule has 0 saturated carbocycles. The van der Waals surface area contributed by atoms with Crippen LogP contribution in [0.4, 0.5) is 4.39 Å². The van der Waals surface area contributed by atoms with Gasteiger partial charge in [0, 0.05) is 10.8 Å². The molecule has 0 aliphatic carbocycles. The molecule has 0 N–H and O–H groups in total. The predicted molar refractivity (Wildman–Crippen MR) is 131 cm³/mol. The number of hydrogen-bond donors (Lipinski definition) is 0. The molecule has 2 heterocycles. The van der Waals surface area contributed by atoms with Crippen molar-refractivity contribution in [2.45, 2.75) is 0 Å². The molecular weight excluding hydrogens is 411 g/mol. The van der Waals surface area contributed by atoms with Crippen molar-refractivity contribution in [2.24, 2.45) is 0 Å². The summed E-state index contributed by atoms with van der Waals surface area (Å²) in [6.07, 6.45) is 0. The second kappa shape index (κ2) is 6.78. The van der Waals surface area contributed by atoms with Crippen LogP contribution in [0.1, 0.15) is 0 Å². The molecule has 0 amide bonds. The van der Waals surface area contributed by atoms with Crippen LogP contribution in [0.5, 0.6) is 0 Å². The molecule has 0 bridgehead atoms. The number of para-hydroxylation sites is 3. The van der Waals surface area contributed by atoms with Gasteiger partial charge in [0.15, 0.2) is 0 Å². The normalized spacial score (nSPS) is 11.8. The van der Waals surface area contributed by atoms with Crippen LogP contribution in [0, 0.1) is 5.82 Å². The summed E-state index contributed by atoms with van der Waals surface area (Å²) >= 11 is 0. The van der Waals surface area contributed by atoms with Crippen LogP contribution in [-0.4, -0.2) is 9.55 Å². The van der Waals surface area contributed by atoms with E-state index in [1.807, 2.05) is 48.5 Å². The van der Waals surface area contributed by atoms with Gasteiger partial charge in [0.1, 0.15) is 22.8 Å². The van der Waals surface area contributed by atoms with Crippen molar-refractivity contribution in [3.63, 3.8) is 0 Å². The number of fused-ring (bicyclic) bond motifs is 5. The third kappa shape index (κ3) is 2.58. The van der Waals surface area contributed by atoms with E-state index in [-0.39, 0.29) is 5.82 Å². The Labute approximate surface area is 188 Å². The van der Waals surface area contributed by atoms with E-state index in [0.717, 1.165) is 44.3 Å². The van der Waals surface area contributed by atoms with Crippen molar-refractivity contribution in [1.29, 1.82) is 0 Å². The lowest BCUT2D eigenvalue weighted by Crippen LogP contribution is -1.99. The number of benzene rings is 5. The summed E-state index contributed by atoms with van der Waals surface area (Å²) in [7, 11) is 0. The fraction of sp³-hybridized carbons (Fsp3) is 0. The standard InChI is InChI=1S/C29H17FN2O/c30-22-13-7-17-26-27(22)20-11-6-12-21(28(20)33-26)29-31-23-14-3-4-15-25(23)32(29)24-16-5-9-18-8-1-2-10-19(18)24/h1-17H. The van der Waals surface area contributed by atoms with Crippen LogP contribution in [0.25, 0.3) is 60.8 Å². The number of hydrogen-bond acceptors (Lipinski definition) is 2. The third-order valence-electron chi connectivity index (χ3n) is 6.28. The van der Waals surface area contributed by atoms with Crippen molar-refractivity contribution in [2.75, 3.05) is 0 Å². The quantitative estimate of drug-likeness (QED) is 0.280. The summed E-state index contributed by atoms with van der Waals surface area (Å²) in [6.45, 7) is 0. The zero-order valence-electron chi connectivity index (χ0n) is 17.5. The van der Waals surface area contributed by atoms with E-state index >= 15 is 0 Å². The molecule has 0 saturated heterocycles. The Morgan fingerprint density at radius 1 is 0.697 bits per heavy atom. The van der Waals surface area contributed by atoms with Crippen molar-refractivity contribution < 1.29 is 8.81 Å². The van der Waals surface area contributed by atoms with Gasteiger partial charge in [-0.05, 0) is 41.8 Å². The number of imidazole rings is 1. The summed E-state index contributed by atoms with van der Waals surface area (Å²) in [6, 6.07) is 33.5. The first-order chi connectivity index (χ1) is 16.3. The van der Waals surface area contributed by atoms with E-state index in [1.165, 1.54) is 6.07 Å². The molecule has 4 heteroatoms. The lowest BCUT2D eigenvalue weighted by molar-refractivity contribution is 0.634. The van der Waals surface area contributed by atoms with Crippen LogP contribution in [-0.2, 0) is 0 Å². The highest BCUT2D eigenvalue weighted by molar-refractivity contribution is 6.10. The number of halogens is 1. The van der Waals surface area contributed by atoms with Crippen molar-refractivity contribution >= 4 is 43.7 Å². The maximum absolute atomic E-state index is 14.7. The fourth-order valence-electron chi connectivity index (χ4n) is 4.83. The van der Waals surface area contributed by atoms with Crippen LogP contribution in [0.3, 0.4) is 0 Å². The minimum Gasteiger partial charge on any atom is -0.455 e. The highest BCUT2D eigenvalue weighted by Gasteiger charge is 2.21. The minimum atomic E-state index is -0.286. The Hall–Kier alpha value is -4.44. The lowest BCUT2D eigenvalue weighted by atomic mass is 10.1. The smallest absolute Gasteiger partial charge is 0.149 e. The Morgan fingerprint density at radius 2 is 1.45 bits per heavy atom. The van der Waals surface area contributed by atoms with E-state index in [2.05, 4.69) is 41.0 Å². The largest absolute Gasteiger partial charge is 0.455 e. The maximum atomic E-state index is 14.7. The SMILES string of the molecule is Fc1cccc2oc3c(-c4nc5ccccc5n4-c4cccc5ccccc45)cccc3c12. The van der Waals surface area contributed by atoms with E-state index in [0.29, 0.717) is 16.6 Å². The van der Waals surface area contributed by atoms with Gasteiger partial charge in [-0.2, -0.15) is 0 Å². The van der Waals surface area contributed by atoms with Gasteiger partial charge >= 0.3 is 0 Å². The minimum absolute atomic E-state index is 0.286. The molecule has 0 radical (unpaired) electrons. The molecule has 33 heavy (non-hydrogen) atoms. The van der Waals surface area contributed by atoms with Crippen molar-refractivity contribution in [3.05, 3.63) is 109 Å². The number of rotatable bonds is 2. The van der Waals surface area contributed by atoms with Gasteiger partial charge in [-0.25, -0.2) is 9.37 Å². The Bertz CT molecular complexity index is 1840. The van der Waals surface area contributed by atoms with Crippen LogP contribution in [0.2, 0.25) is 0 Å². The lowest BCUT2D eigenvalue weighted by Gasteiger charge is -2.13. The molecular formula is C29H17FN2O. The highest BCUT2D eigenvalue weighted by Crippen LogP contribution is 2.39. The van der Waals surface area contributed by atoms with Crippen molar-refractivity contribution in [3.8, 4) is 17.1 Å². The Kier molecular flexibility index (Phi) is 3.73. The molecule has 0 atom stereocenters. The topological polar surface area (TPSA) is 31.0 Å². The van der Waals surface area contributed by atoms with Gasteiger partial charge in [0.05, 0.1) is 27.7 Å². The summed E-state index contributed by atoms with van der Waals surface area (Å²) in [4.78, 5) is 5.02. The summed E-state index contributed by atoms with van der Waals surface area (Å²) in [5.74, 6) is 0.476. The van der Waals surface area contributed by atoms with Crippen LogP contribution >= 0.6 is 0 Å². The third-order valence-corrected chi connectivity index (χ3v) is 6.28. The van der Waals surface area contributed by atoms with E-state index in [4.69, 9.17) is 9.40 Å². The summed E-state index contributed by atoms with van der Waals surface area (Å²) < 4.78 is 23.1. The average Bonchev–Trinajstić information content (AvgIpc) is 3.43.